The third-order valence-electron chi connectivity index (χ3n) is 3.58. The van der Waals surface area contributed by atoms with Gasteiger partial charge >= 0.3 is 5.97 Å². The van der Waals surface area contributed by atoms with Crippen LogP contribution in [-0.4, -0.2) is 34.0 Å². The minimum absolute atomic E-state index is 0. The number of nitrogens with zero attached hydrogens (tertiary/aromatic N) is 2. The van der Waals surface area contributed by atoms with Crippen LogP contribution in [0.3, 0.4) is 0 Å². The van der Waals surface area contributed by atoms with Gasteiger partial charge in [-0.1, -0.05) is 18.2 Å². The van der Waals surface area contributed by atoms with E-state index in [2.05, 4.69) is 9.88 Å². The van der Waals surface area contributed by atoms with Gasteiger partial charge in [0.1, 0.15) is 6.26 Å². The van der Waals surface area contributed by atoms with Crippen molar-refractivity contribution in [3.8, 4) is 11.5 Å². The number of carboxylic acid groups (broad SMARTS) is 1. The number of carboxylic acids is 1. The summed E-state index contributed by atoms with van der Waals surface area (Å²) in [5, 5.41) is 8.99. The van der Waals surface area contributed by atoms with Gasteiger partial charge in [0.05, 0.1) is 11.6 Å². The number of aliphatic carboxylic acids is 1. The monoisotopic (exact) mass is 308 g/mol. The number of carbonyl (C=O) groups is 1. The van der Waals surface area contributed by atoms with Crippen molar-refractivity contribution in [2.75, 3.05) is 13.1 Å². The molecule has 1 unspecified atom stereocenters. The number of oxazole rings is 1. The molecule has 112 valence electrons. The smallest absolute Gasteiger partial charge is 0.307 e. The molecule has 2 heterocycles. The highest BCUT2D eigenvalue weighted by Gasteiger charge is 2.28. The summed E-state index contributed by atoms with van der Waals surface area (Å²) >= 11 is 0. The number of rotatable bonds is 4. The highest BCUT2D eigenvalue weighted by Crippen LogP contribution is 2.21. The molecule has 0 radical (unpaired) electrons. The van der Waals surface area contributed by atoms with E-state index in [9.17, 15) is 4.79 Å². The van der Waals surface area contributed by atoms with Crippen LogP contribution < -0.4 is 0 Å². The largest absolute Gasteiger partial charge is 0.481 e. The van der Waals surface area contributed by atoms with Crippen LogP contribution in [0.25, 0.3) is 11.5 Å². The van der Waals surface area contributed by atoms with Crippen LogP contribution >= 0.6 is 12.4 Å². The SMILES string of the molecule is Cl.O=C(O)C1CCN(Cc2coc(-c3ccccc3)n2)C1. The summed E-state index contributed by atoms with van der Waals surface area (Å²) in [5.74, 6) is -0.359. The Kier molecular flexibility index (Phi) is 4.98. The lowest BCUT2D eigenvalue weighted by Gasteiger charge is -2.12. The van der Waals surface area contributed by atoms with Gasteiger partial charge in [0, 0.05) is 18.7 Å². The number of halogens is 1. The van der Waals surface area contributed by atoms with Crippen LogP contribution in [0, 0.1) is 5.92 Å². The zero-order valence-corrected chi connectivity index (χ0v) is 12.3. The average molecular weight is 309 g/mol. The van der Waals surface area contributed by atoms with Crippen molar-refractivity contribution in [2.45, 2.75) is 13.0 Å². The van der Waals surface area contributed by atoms with E-state index in [1.165, 1.54) is 0 Å². The van der Waals surface area contributed by atoms with Gasteiger partial charge in [-0.2, -0.15) is 0 Å². The zero-order valence-electron chi connectivity index (χ0n) is 11.4. The van der Waals surface area contributed by atoms with E-state index in [4.69, 9.17) is 9.52 Å². The molecule has 1 aliphatic rings. The number of likely N-dealkylation sites (tertiary alicyclic amines) is 1. The van der Waals surface area contributed by atoms with Crippen molar-refractivity contribution in [3.05, 3.63) is 42.3 Å². The molecule has 1 atom stereocenters. The van der Waals surface area contributed by atoms with Crippen LogP contribution in [0.15, 0.2) is 41.0 Å². The molecule has 21 heavy (non-hydrogen) atoms. The number of hydrogen-bond donors (Lipinski definition) is 1. The minimum atomic E-state index is -0.711. The van der Waals surface area contributed by atoms with Crippen molar-refractivity contribution in [3.63, 3.8) is 0 Å². The molecule has 0 spiro atoms. The van der Waals surface area contributed by atoms with Crippen LogP contribution in [0.2, 0.25) is 0 Å². The molecule has 0 amide bonds. The van der Waals surface area contributed by atoms with Crippen LogP contribution in [-0.2, 0) is 11.3 Å². The second kappa shape index (κ2) is 6.74. The molecule has 3 rings (SSSR count). The maximum atomic E-state index is 10.9. The lowest BCUT2D eigenvalue weighted by atomic mass is 10.1. The molecular formula is C15H17ClN2O3. The van der Waals surface area contributed by atoms with Gasteiger partial charge in [-0.05, 0) is 25.1 Å². The average Bonchev–Trinajstić information content (AvgIpc) is 3.10. The quantitative estimate of drug-likeness (QED) is 0.940. The lowest BCUT2D eigenvalue weighted by molar-refractivity contribution is -0.141. The molecular weight excluding hydrogens is 292 g/mol. The Hall–Kier alpha value is -1.85. The van der Waals surface area contributed by atoms with E-state index >= 15 is 0 Å². The Labute approximate surface area is 129 Å². The van der Waals surface area contributed by atoms with Crippen molar-refractivity contribution in [1.82, 2.24) is 9.88 Å². The maximum Gasteiger partial charge on any atom is 0.307 e. The molecule has 1 aliphatic heterocycles. The van der Waals surface area contributed by atoms with E-state index in [-0.39, 0.29) is 18.3 Å². The van der Waals surface area contributed by atoms with E-state index in [1.807, 2.05) is 30.3 Å². The fraction of sp³-hybridized carbons (Fsp3) is 0.333. The standard InChI is InChI=1S/C15H16N2O3.ClH/c18-15(19)12-6-7-17(8-12)9-13-10-20-14(16-13)11-4-2-1-3-5-11;/h1-5,10,12H,6-9H2,(H,18,19);1H. The second-order valence-corrected chi connectivity index (χ2v) is 5.07. The van der Waals surface area contributed by atoms with Gasteiger partial charge in [-0.25, -0.2) is 4.98 Å². The molecule has 0 bridgehead atoms. The number of benzene rings is 1. The fourth-order valence-electron chi connectivity index (χ4n) is 2.50. The first kappa shape index (κ1) is 15.5. The fourth-order valence-corrected chi connectivity index (χ4v) is 2.50. The first-order valence-corrected chi connectivity index (χ1v) is 6.67. The van der Waals surface area contributed by atoms with E-state index in [0.29, 0.717) is 25.4 Å². The molecule has 1 aromatic carbocycles. The van der Waals surface area contributed by atoms with Crippen LogP contribution in [0.1, 0.15) is 12.1 Å². The molecule has 2 aromatic rings. The van der Waals surface area contributed by atoms with Crippen LogP contribution in [0.5, 0.6) is 0 Å². The molecule has 0 saturated carbocycles. The van der Waals surface area contributed by atoms with Crippen molar-refractivity contribution >= 4 is 18.4 Å². The van der Waals surface area contributed by atoms with Crippen LogP contribution in [0.4, 0.5) is 0 Å². The first-order chi connectivity index (χ1) is 9.72. The summed E-state index contributed by atoms with van der Waals surface area (Å²) in [5.41, 5.74) is 1.79. The Morgan fingerprint density at radius 2 is 2.14 bits per heavy atom. The van der Waals surface area contributed by atoms with Gasteiger partial charge in [0.25, 0.3) is 0 Å². The Balaban J connectivity index is 0.00000161. The first-order valence-electron chi connectivity index (χ1n) is 6.67. The summed E-state index contributed by atoms with van der Waals surface area (Å²) < 4.78 is 5.48. The van der Waals surface area contributed by atoms with E-state index in [1.54, 1.807) is 6.26 Å². The van der Waals surface area contributed by atoms with Gasteiger partial charge in [0.2, 0.25) is 5.89 Å². The minimum Gasteiger partial charge on any atom is -0.481 e. The van der Waals surface area contributed by atoms with Gasteiger partial charge in [-0.3, -0.25) is 9.69 Å². The summed E-state index contributed by atoms with van der Waals surface area (Å²) in [6.45, 7) is 2.02. The zero-order chi connectivity index (χ0) is 13.9. The molecule has 1 fully saturated rings. The normalized spacial score (nSPS) is 18.4. The van der Waals surface area contributed by atoms with Crippen molar-refractivity contribution in [2.24, 2.45) is 5.92 Å². The second-order valence-electron chi connectivity index (χ2n) is 5.07. The summed E-state index contributed by atoms with van der Waals surface area (Å²) in [7, 11) is 0. The topological polar surface area (TPSA) is 66.6 Å². The highest BCUT2D eigenvalue weighted by molar-refractivity contribution is 5.85. The predicted octanol–water partition coefficient (Wildman–Crippen LogP) is 2.67. The third kappa shape index (κ3) is 3.62. The Morgan fingerprint density at radius 1 is 1.38 bits per heavy atom. The van der Waals surface area contributed by atoms with E-state index in [0.717, 1.165) is 17.8 Å². The summed E-state index contributed by atoms with van der Waals surface area (Å²) in [4.78, 5) is 17.5. The third-order valence-corrected chi connectivity index (χ3v) is 3.58. The molecule has 1 aromatic heterocycles. The van der Waals surface area contributed by atoms with Crippen molar-refractivity contribution in [1.29, 1.82) is 0 Å². The van der Waals surface area contributed by atoms with Gasteiger partial charge in [0.15, 0.2) is 0 Å². The number of aromatic nitrogens is 1. The maximum absolute atomic E-state index is 10.9. The van der Waals surface area contributed by atoms with Gasteiger partial charge in [-0.15, -0.1) is 12.4 Å². The number of hydrogen-bond acceptors (Lipinski definition) is 4. The van der Waals surface area contributed by atoms with Gasteiger partial charge < -0.3 is 9.52 Å². The molecule has 5 nitrogen and oxygen atoms in total. The molecule has 0 aliphatic carbocycles. The predicted molar refractivity (Wildman–Crippen MR) is 80.2 cm³/mol. The summed E-state index contributed by atoms with van der Waals surface area (Å²) in [6.07, 6.45) is 2.36. The Bertz CT molecular complexity index is 600. The van der Waals surface area contributed by atoms with Crippen molar-refractivity contribution < 1.29 is 14.3 Å². The van der Waals surface area contributed by atoms with E-state index < -0.39 is 5.97 Å². The molecule has 1 saturated heterocycles. The lowest BCUT2D eigenvalue weighted by Crippen LogP contribution is -2.22. The molecule has 6 heteroatoms. The molecule has 1 N–H and O–H groups in total. The Morgan fingerprint density at radius 3 is 2.81 bits per heavy atom. The highest BCUT2D eigenvalue weighted by atomic mass is 35.5. The summed E-state index contributed by atoms with van der Waals surface area (Å²) in [6, 6.07) is 9.73.